The Morgan fingerprint density at radius 1 is 1.19 bits per heavy atom. The van der Waals surface area contributed by atoms with Crippen LogP contribution in [0.4, 0.5) is 5.69 Å². The predicted octanol–water partition coefficient (Wildman–Crippen LogP) is 5.37. The molecule has 0 aliphatic heterocycles. The van der Waals surface area contributed by atoms with E-state index in [0.29, 0.717) is 37.5 Å². The number of carbonyl (C=O) groups is 1. The number of carbonyl (C=O) groups excluding carboxylic acids is 1. The number of nitrogens with one attached hydrogen (secondary N) is 1. The summed E-state index contributed by atoms with van der Waals surface area (Å²) in [6.07, 6.45) is 4.33. The highest BCUT2D eigenvalue weighted by atomic mass is 32.1. The molecule has 0 saturated heterocycles. The summed E-state index contributed by atoms with van der Waals surface area (Å²) in [4.78, 5) is 16.7. The number of benzene rings is 2. The number of hydrogen-bond acceptors (Lipinski definition) is 6. The number of rotatable bonds is 10. The lowest BCUT2D eigenvalue weighted by molar-refractivity contribution is -0.111. The fraction of sp³-hybridized carbons (Fsp3) is 0.208. The molecule has 158 valence electrons. The topological polar surface area (TPSA) is 84.2 Å². The number of aryl methyl sites for hydroxylation is 1. The Kier molecular flexibility index (Phi) is 8.21. The normalized spacial score (nSPS) is 10.6. The highest BCUT2D eigenvalue weighted by molar-refractivity contribution is 7.09. The van der Waals surface area contributed by atoms with E-state index in [2.05, 4.69) is 16.4 Å². The van der Waals surface area contributed by atoms with Crippen molar-refractivity contribution in [1.82, 2.24) is 4.98 Å². The number of nitrogens with zero attached hydrogens (tertiary/aromatic N) is 2. The molecule has 0 saturated carbocycles. The summed E-state index contributed by atoms with van der Waals surface area (Å²) in [6.45, 7) is 2.84. The van der Waals surface area contributed by atoms with E-state index in [0.717, 1.165) is 22.0 Å². The van der Waals surface area contributed by atoms with E-state index in [4.69, 9.17) is 14.7 Å². The molecule has 0 radical (unpaired) electrons. The van der Waals surface area contributed by atoms with Crippen LogP contribution in [-0.4, -0.2) is 17.5 Å². The number of hydrogen-bond donors (Lipinski definition) is 1. The van der Waals surface area contributed by atoms with Gasteiger partial charge in [-0.05, 0) is 49.2 Å². The van der Waals surface area contributed by atoms with E-state index < -0.39 is 0 Å². The quantitative estimate of drug-likeness (QED) is 0.343. The van der Waals surface area contributed by atoms with Crippen LogP contribution < -0.4 is 14.8 Å². The maximum atomic E-state index is 12.3. The van der Waals surface area contributed by atoms with E-state index in [-0.39, 0.29) is 5.91 Å². The third kappa shape index (κ3) is 7.61. The van der Waals surface area contributed by atoms with Gasteiger partial charge in [-0.15, -0.1) is 11.3 Å². The molecule has 0 spiro atoms. The van der Waals surface area contributed by atoms with Crippen molar-refractivity contribution in [2.24, 2.45) is 0 Å². The van der Waals surface area contributed by atoms with Crippen molar-refractivity contribution in [3.8, 4) is 17.6 Å². The molecule has 1 aromatic heterocycles. The molecule has 0 aliphatic rings. The van der Waals surface area contributed by atoms with Crippen molar-refractivity contribution in [2.45, 2.75) is 26.4 Å². The predicted molar refractivity (Wildman–Crippen MR) is 122 cm³/mol. The van der Waals surface area contributed by atoms with Crippen LogP contribution in [-0.2, 0) is 11.4 Å². The Morgan fingerprint density at radius 2 is 2.00 bits per heavy atom. The number of nitriles is 1. The smallest absolute Gasteiger partial charge is 0.248 e. The molecule has 0 fully saturated rings. The van der Waals surface area contributed by atoms with Gasteiger partial charge < -0.3 is 14.8 Å². The summed E-state index contributed by atoms with van der Waals surface area (Å²) in [5.74, 6) is 1.13. The van der Waals surface area contributed by atoms with Crippen molar-refractivity contribution in [3.63, 3.8) is 0 Å². The van der Waals surface area contributed by atoms with Crippen LogP contribution in [0.2, 0.25) is 0 Å². The lowest BCUT2D eigenvalue weighted by Crippen LogP contribution is -2.08. The van der Waals surface area contributed by atoms with Gasteiger partial charge in [0.2, 0.25) is 5.91 Å². The highest BCUT2D eigenvalue weighted by Crippen LogP contribution is 2.19. The van der Waals surface area contributed by atoms with E-state index in [1.54, 1.807) is 29.5 Å². The first-order valence-electron chi connectivity index (χ1n) is 9.85. The highest BCUT2D eigenvalue weighted by Gasteiger charge is 2.03. The molecular formula is C24H23N3O3S. The Bertz CT molecular complexity index is 1090. The Morgan fingerprint density at radius 3 is 2.77 bits per heavy atom. The summed E-state index contributed by atoms with van der Waals surface area (Å²) < 4.78 is 11.4. The molecular weight excluding hydrogens is 410 g/mol. The second kappa shape index (κ2) is 11.5. The molecule has 0 atom stereocenters. The fourth-order valence-electron chi connectivity index (χ4n) is 2.70. The Labute approximate surface area is 185 Å². The minimum absolute atomic E-state index is 0.245. The third-order valence-electron chi connectivity index (χ3n) is 4.14. The molecule has 3 aromatic rings. The zero-order valence-electron chi connectivity index (χ0n) is 17.2. The third-order valence-corrected chi connectivity index (χ3v) is 4.96. The minimum Gasteiger partial charge on any atom is -0.493 e. The second-order valence-electron chi connectivity index (χ2n) is 6.68. The number of unbranched alkanes of at least 4 members (excludes halogenated alkanes) is 1. The van der Waals surface area contributed by atoms with Crippen LogP contribution in [0.1, 0.15) is 29.1 Å². The average Bonchev–Trinajstić information content (AvgIpc) is 3.20. The lowest BCUT2D eigenvalue weighted by Gasteiger charge is -2.07. The van der Waals surface area contributed by atoms with E-state index in [1.807, 2.05) is 48.7 Å². The molecule has 31 heavy (non-hydrogen) atoms. The lowest BCUT2D eigenvalue weighted by atomic mass is 10.2. The van der Waals surface area contributed by atoms with Gasteiger partial charge in [-0.2, -0.15) is 5.26 Å². The van der Waals surface area contributed by atoms with Gasteiger partial charge in [-0.3, -0.25) is 4.79 Å². The first kappa shape index (κ1) is 22.1. The van der Waals surface area contributed by atoms with Crippen molar-refractivity contribution in [2.75, 3.05) is 11.9 Å². The molecule has 1 heterocycles. The van der Waals surface area contributed by atoms with Crippen LogP contribution in [0, 0.1) is 18.3 Å². The monoisotopic (exact) mass is 433 g/mol. The van der Waals surface area contributed by atoms with Crippen molar-refractivity contribution >= 4 is 29.0 Å². The fourth-order valence-corrected chi connectivity index (χ4v) is 3.30. The molecule has 3 rings (SSSR count). The number of aromatic nitrogens is 1. The van der Waals surface area contributed by atoms with E-state index in [1.165, 1.54) is 6.08 Å². The maximum Gasteiger partial charge on any atom is 0.248 e. The van der Waals surface area contributed by atoms with Gasteiger partial charge in [-0.1, -0.05) is 18.2 Å². The second-order valence-corrected chi connectivity index (χ2v) is 7.74. The van der Waals surface area contributed by atoms with Crippen molar-refractivity contribution in [3.05, 3.63) is 76.3 Å². The zero-order chi connectivity index (χ0) is 21.9. The minimum atomic E-state index is -0.245. The molecule has 0 aliphatic carbocycles. The molecule has 1 amide bonds. The molecule has 6 nitrogen and oxygen atoms in total. The molecule has 2 aromatic carbocycles. The number of thiazole rings is 1. The van der Waals surface area contributed by atoms with Gasteiger partial charge >= 0.3 is 0 Å². The maximum absolute atomic E-state index is 12.3. The van der Waals surface area contributed by atoms with Gasteiger partial charge in [0.15, 0.2) is 0 Å². The van der Waals surface area contributed by atoms with Gasteiger partial charge in [0.05, 0.1) is 23.4 Å². The number of amides is 1. The standard InChI is InChI=1S/C24H23N3O3S/c1-18-26-21(17-31-18)16-30-22-8-4-6-19(14-22)10-11-24(28)27-20-7-5-9-23(15-20)29-13-3-2-12-25/h4-11,14-15,17H,2-3,13,16H2,1H3,(H,27,28)/b11-10+. The van der Waals surface area contributed by atoms with Crippen LogP contribution in [0.25, 0.3) is 6.08 Å². The summed E-state index contributed by atoms with van der Waals surface area (Å²) in [6, 6.07) is 16.8. The van der Waals surface area contributed by atoms with Crippen LogP contribution in [0.5, 0.6) is 11.5 Å². The SMILES string of the molecule is Cc1nc(COc2cccc(/C=C/C(=O)Nc3cccc(OCCCC#N)c3)c2)cs1. The van der Waals surface area contributed by atoms with Crippen LogP contribution >= 0.6 is 11.3 Å². The first-order chi connectivity index (χ1) is 15.1. The molecule has 7 heteroatoms. The van der Waals surface area contributed by atoms with Gasteiger partial charge in [-0.25, -0.2) is 4.98 Å². The number of anilines is 1. The zero-order valence-corrected chi connectivity index (χ0v) is 18.0. The summed E-state index contributed by atoms with van der Waals surface area (Å²) >= 11 is 1.59. The molecule has 0 unspecified atom stereocenters. The number of ether oxygens (including phenoxy) is 2. The summed E-state index contributed by atoms with van der Waals surface area (Å²) in [5.41, 5.74) is 2.40. The van der Waals surface area contributed by atoms with Gasteiger partial charge in [0.25, 0.3) is 0 Å². The Hall–Kier alpha value is -3.63. The summed E-state index contributed by atoms with van der Waals surface area (Å²) in [5, 5.41) is 14.4. The van der Waals surface area contributed by atoms with E-state index >= 15 is 0 Å². The average molecular weight is 434 g/mol. The first-order valence-corrected chi connectivity index (χ1v) is 10.7. The largest absolute Gasteiger partial charge is 0.493 e. The van der Waals surface area contributed by atoms with Gasteiger partial charge in [0, 0.05) is 29.6 Å². The molecule has 0 bridgehead atoms. The van der Waals surface area contributed by atoms with E-state index in [9.17, 15) is 4.79 Å². The van der Waals surface area contributed by atoms with Crippen LogP contribution in [0.15, 0.2) is 60.0 Å². The molecule has 1 N–H and O–H groups in total. The Balaban J connectivity index is 1.52. The van der Waals surface area contributed by atoms with Crippen molar-refractivity contribution < 1.29 is 14.3 Å². The summed E-state index contributed by atoms with van der Waals surface area (Å²) in [7, 11) is 0. The van der Waals surface area contributed by atoms with Crippen molar-refractivity contribution in [1.29, 1.82) is 5.26 Å². The van der Waals surface area contributed by atoms with Crippen LogP contribution in [0.3, 0.4) is 0 Å². The van der Waals surface area contributed by atoms with Gasteiger partial charge in [0.1, 0.15) is 18.1 Å².